The van der Waals surface area contributed by atoms with Gasteiger partial charge >= 0.3 is 0 Å². The molecule has 0 radical (unpaired) electrons. The Bertz CT molecular complexity index is 646. The van der Waals surface area contributed by atoms with Crippen LogP contribution in [0.25, 0.3) is 0 Å². The second-order valence-corrected chi connectivity index (χ2v) is 8.59. The molecule has 3 aliphatic rings. The van der Waals surface area contributed by atoms with E-state index in [1.54, 1.807) is 0 Å². The highest BCUT2D eigenvalue weighted by Gasteiger charge is 2.52. The number of hydrogen-bond acceptors (Lipinski definition) is 16. The van der Waals surface area contributed by atoms with Crippen LogP contribution >= 0.6 is 0 Å². The molecule has 0 aromatic carbocycles. The van der Waals surface area contributed by atoms with Gasteiger partial charge in [-0.15, -0.1) is 0 Å². The lowest BCUT2D eigenvalue weighted by molar-refractivity contribution is -0.348. The van der Waals surface area contributed by atoms with Crippen molar-refractivity contribution in [2.45, 2.75) is 91.9 Å². The molecule has 16 heteroatoms. The summed E-state index contributed by atoms with van der Waals surface area (Å²) in [5.41, 5.74) is 17.6. The smallest absolute Gasteiger partial charge is 0.176 e. The fourth-order valence-corrected chi connectivity index (χ4v) is 4.18. The minimum Gasteiger partial charge on any atom is -0.394 e. The molecule has 34 heavy (non-hydrogen) atoms. The van der Waals surface area contributed by atoms with Crippen LogP contribution in [0.4, 0.5) is 0 Å². The van der Waals surface area contributed by atoms with Gasteiger partial charge in [0.25, 0.3) is 0 Å². The van der Waals surface area contributed by atoms with Crippen LogP contribution in [-0.4, -0.2) is 153 Å². The minimum absolute atomic E-state index is 0.651. The molecular weight excluding hydrogens is 466 g/mol. The first-order chi connectivity index (χ1) is 16.0. The van der Waals surface area contributed by atoms with E-state index in [-0.39, 0.29) is 0 Å². The molecule has 3 fully saturated rings. The van der Waals surface area contributed by atoms with E-state index < -0.39 is 112 Å². The van der Waals surface area contributed by atoms with Crippen molar-refractivity contribution in [1.29, 1.82) is 0 Å². The number of rotatable bonds is 7. The van der Waals surface area contributed by atoms with Gasteiger partial charge in [0.15, 0.2) is 18.9 Å². The third-order valence-electron chi connectivity index (χ3n) is 6.33. The molecule has 0 aromatic rings. The number of ether oxygens (including phenoxy) is 5. The van der Waals surface area contributed by atoms with Crippen molar-refractivity contribution in [1.82, 2.24) is 0 Å². The summed E-state index contributed by atoms with van der Waals surface area (Å²) in [6.45, 7) is -2.00. The zero-order chi connectivity index (χ0) is 25.3. The van der Waals surface area contributed by atoms with Crippen molar-refractivity contribution in [2.24, 2.45) is 17.2 Å². The Morgan fingerprint density at radius 1 is 0.529 bits per heavy atom. The maximum absolute atomic E-state index is 10.8. The van der Waals surface area contributed by atoms with E-state index in [1.165, 1.54) is 0 Å². The standard InChI is InChI=1S/C18H35N3O13/c19-7-12(27)14(5(2-23)30-16(7)29)33-18-9(21)13(28)15(6(3-24)32-18)34-17-8(20)11(26)10(25)4(1-22)31-17/h4-18,22-29H,1-3,19-21H2/t4-,5-,6-,7-,8-,9-,10-,11-,12-,13-,14-,15?,16-,17+,18?/m1/s1. The summed E-state index contributed by atoms with van der Waals surface area (Å²) in [4.78, 5) is 0. The highest BCUT2D eigenvalue weighted by molar-refractivity contribution is 4.98. The van der Waals surface area contributed by atoms with E-state index in [2.05, 4.69) is 0 Å². The summed E-state index contributed by atoms with van der Waals surface area (Å²) in [6, 6.07) is -3.87. The molecule has 3 aliphatic heterocycles. The van der Waals surface area contributed by atoms with Crippen LogP contribution < -0.4 is 17.2 Å². The Balaban J connectivity index is 1.72. The van der Waals surface area contributed by atoms with Crippen LogP contribution in [-0.2, 0) is 23.7 Å². The fourth-order valence-electron chi connectivity index (χ4n) is 4.18. The molecule has 16 nitrogen and oxygen atoms in total. The van der Waals surface area contributed by atoms with E-state index in [0.29, 0.717) is 0 Å². The lowest BCUT2D eigenvalue weighted by Gasteiger charge is -2.48. The van der Waals surface area contributed by atoms with Crippen molar-refractivity contribution in [3.8, 4) is 0 Å². The monoisotopic (exact) mass is 501 g/mol. The van der Waals surface area contributed by atoms with Gasteiger partial charge in [0, 0.05) is 0 Å². The zero-order valence-corrected chi connectivity index (χ0v) is 18.1. The fraction of sp³-hybridized carbons (Fsp3) is 1.00. The van der Waals surface area contributed by atoms with Gasteiger partial charge in [-0.3, -0.25) is 0 Å². The summed E-state index contributed by atoms with van der Waals surface area (Å²) >= 11 is 0. The van der Waals surface area contributed by atoms with Gasteiger partial charge in [0.1, 0.15) is 54.9 Å². The van der Waals surface area contributed by atoms with E-state index in [4.69, 9.17) is 40.9 Å². The van der Waals surface area contributed by atoms with Crippen LogP contribution in [0.2, 0.25) is 0 Å². The average Bonchev–Trinajstić information content (AvgIpc) is 2.83. The second kappa shape index (κ2) is 11.6. The van der Waals surface area contributed by atoms with Crippen LogP contribution in [0.15, 0.2) is 0 Å². The van der Waals surface area contributed by atoms with Gasteiger partial charge < -0.3 is 81.7 Å². The Kier molecular flexibility index (Phi) is 9.54. The quantitative estimate of drug-likeness (QED) is 0.154. The number of nitrogens with two attached hydrogens (primary N) is 3. The molecule has 200 valence electrons. The lowest BCUT2D eigenvalue weighted by Crippen LogP contribution is -2.69. The molecule has 0 aliphatic carbocycles. The topological polar surface area (TPSA) is 286 Å². The summed E-state index contributed by atoms with van der Waals surface area (Å²) in [5.74, 6) is 0. The number of aliphatic hydroxyl groups is 8. The van der Waals surface area contributed by atoms with Crippen molar-refractivity contribution >= 4 is 0 Å². The van der Waals surface area contributed by atoms with Crippen LogP contribution in [0, 0.1) is 0 Å². The number of aliphatic hydroxyl groups excluding tert-OH is 8. The van der Waals surface area contributed by atoms with Crippen LogP contribution in [0.1, 0.15) is 0 Å². The molecule has 2 unspecified atom stereocenters. The Hall–Kier alpha value is -0.640. The maximum Gasteiger partial charge on any atom is 0.176 e. The molecule has 14 N–H and O–H groups in total. The first-order valence-electron chi connectivity index (χ1n) is 10.8. The van der Waals surface area contributed by atoms with Crippen molar-refractivity contribution < 1.29 is 64.5 Å². The zero-order valence-electron chi connectivity index (χ0n) is 18.1. The Labute approximate surface area is 194 Å². The van der Waals surface area contributed by atoms with Gasteiger partial charge in [0.2, 0.25) is 0 Å². The van der Waals surface area contributed by atoms with Crippen molar-refractivity contribution in [3.63, 3.8) is 0 Å². The summed E-state index contributed by atoms with van der Waals surface area (Å²) in [6.07, 6.45) is -16.8. The van der Waals surface area contributed by atoms with E-state index in [1.807, 2.05) is 0 Å². The summed E-state index contributed by atoms with van der Waals surface area (Å²) in [7, 11) is 0. The van der Waals surface area contributed by atoms with Gasteiger partial charge in [-0.05, 0) is 0 Å². The first-order valence-corrected chi connectivity index (χ1v) is 10.8. The first kappa shape index (κ1) is 27.9. The molecule has 0 bridgehead atoms. The minimum atomic E-state index is -1.56. The predicted octanol–water partition coefficient (Wildman–Crippen LogP) is -7.67. The van der Waals surface area contributed by atoms with Crippen molar-refractivity contribution in [3.05, 3.63) is 0 Å². The van der Waals surface area contributed by atoms with Crippen LogP contribution in [0.5, 0.6) is 0 Å². The third kappa shape index (κ3) is 5.37. The molecule has 0 amide bonds. The molecular formula is C18H35N3O13. The molecule has 0 aromatic heterocycles. The van der Waals surface area contributed by atoms with E-state index >= 15 is 0 Å². The molecule has 3 heterocycles. The van der Waals surface area contributed by atoms with Crippen LogP contribution in [0.3, 0.4) is 0 Å². The SMILES string of the molecule is N[C@@H]1[C@@H](O)[C@H](OC2O[C@H](CO)C(O[C@@H]3O[C@H](CO)[C@@H](O)[C@H](O)[C@H]3N)[C@H](O)[C@H]2N)[C@@H](CO)O[C@H]1O. The van der Waals surface area contributed by atoms with Gasteiger partial charge in [-0.1, -0.05) is 0 Å². The highest BCUT2D eigenvalue weighted by atomic mass is 16.7. The molecule has 0 spiro atoms. The Morgan fingerprint density at radius 3 is 1.44 bits per heavy atom. The predicted molar refractivity (Wildman–Crippen MR) is 107 cm³/mol. The van der Waals surface area contributed by atoms with Gasteiger partial charge in [-0.25, -0.2) is 0 Å². The van der Waals surface area contributed by atoms with Gasteiger partial charge in [0.05, 0.1) is 37.9 Å². The summed E-state index contributed by atoms with van der Waals surface area (Å²) < 4.78 is 27.4. The average molecular weight is 501 g/mol. The molecule has 3 rings (SSSR count). The molecule has 0 saturated carbocycles. The highest BCUT2D eigenvalue weighted by Crippen LogP contribution is 2.30. The lowest BCUT2D eigenvalue weighted by atomic mass is 9.94. The largest absolute Gasteiger partial charge is 0.394 e. The second-order valence-electron chi connectivity index (χ2n) is 8.59. The number of hydrogen-bond donors (Lipinski definition) is 11. The van der Waals surface area contributed by atoms with E-state index in [0.717, 1.165) is 0 Å². The molecule has 15 atom stereocenters. The molecule has 3 saturated heterocycles. The third-order valence-corrected chi connectivity index (χ3v) is 6.33. The van der Waals surface area contributed by atoms with E-state index in [9.17, 15) is 40.9 Å². The normalized spacial score (nSPS) is 52.5. The maximum atomic E-state index is 10.8. The van der Waals surface area contributed by atoms with Crippen molar-refractivity contribution in [2.75, 3.05) is 19.8 Å². The summed E-state index contributed by atoms with van der Waals surface area (Å²) in [5, 5.41) is 79.6. The Morgan fingerprint density at radius 2 is 0.941 bits per heavy atom. The van der Waals surface area contributed by atoms with Gasteiger partial charge in [-0.2, -0.15) is 0 Å².